The first-order valence-corrected chi connectivity index (χ1v) is 7.64. The molecule has 4 atom stereocenters. The number of rotatable bonds is 6. The first kappa shape index (κ1) is 13.9. The number of carboxylic acids is 1. The number of fused-ring (bicyclic) bond motifs is 5. The van der Waals surface area contributed by atoms with E-state index in [2.05, 4.69) is 0 Å². The van der Waals surface area contributed by atoms with Crippen LogP contribution in [-0.2, 0) is 9.59 Å². The van der Waals surface area contributed by atoms with Crippen LogP contribution >= 0.6 is 0 Å². The van der Waals surface area contributed by atoms with Gasteiger partial charge in [-0.2, -0.15) is 0 Å². The molecule has 20 heavy (non-hydrogen) atoms. The minimum absolute atomic E-state index is 0.0980. The highest BCUT2D eigenvalue weighted by Gasteiger charge is 2.67. The van der Waals surface area contributed by atoms with Crippen LogP contribution in [0.5, 0.6) is 0 Å². The highest BCUT2D eigenvalue weighted by atomic mass is 16.4. The molecule has 1 N–H and O–H groups in total. The topological polar surface area (TPSA) is 60.9 Å². The molecule has 0 aliphatic heterocycles. The molecule has 3 rings (SSSR count). The number of nitrogens with zero attached hydrogens (tertiary/aromatic N) is 2. The lowest BCUT2D eigenvalue weighted by atomic mass is 10.0. The third-order valence-electron chi connectivity index (χ3n) is 5.48. The largest absolute Gasteiger partial charge is 0.480 e. The van der Waals surface area contributed by atoms with Gasteiger partial charge in [-0.1, -0.05) is 0 Å². The lowest BCUT2D eigenvalue weighted by Gasteiger charge is -2.24. The average Bonchev–Trinajstić information content (AvgIpc) is 2.81. The first-order valence-electron chi connectivity index (χ1n) is 7.64. The summed E-state index contributed by atoms with van der Waals surface area (Å²) in [4.78, 5) is 27.2. The van der Waals surface area contributed by atoms with Crippen molar-refractivity contribution < 1.29 is 14.7 Å². The van der Waals surface area contributed by atoms with Gasteiger partial charge in [0.15, 0.2) is 0 Å². The first-order chi connectivity index (χ1) is 9.49. The van der Waals surface area contributed by atoms with Gasteiger partial charge in [-0.25, -0.2) is 0 Å². The molecular formula is C15H24N2O3. The Morgan fingerprint density at radius 3 is 2.20 bits per heavy atom. The summed E-state index contributed by atoms with van der Waals surface area (Å²) in [6, 6.07) is 0. The standard InChI is InChI=1S/C15H24N2O3/c1-16(2)5-6-17(8-11(18)19)15(20)14-12-9-3-4-10(7-9)13(12)14/h9-10,12-14H,3-8H2,1-2H3,(H,18,19). The molecule has 0 spiro atoms. The summed E-state index contributed by atoms with van der Waals surface area (Å²) in [6.07, 6.45) is 3.88. The molecule has 2 bridgehead atoms. The van der Waals surface area contributed by atoms with Crippen molar-refractivity contribution in [2.75, 3.05) is 33.7 Å². The van der Waals surface area contributed by atoms with Crippen molar-refractivity contribution in [1.29, 1.82) is 0 Å². The zero-order valence-electron chi connectivity index (χ0n) is 12.3. The van der Waals surface area contributed by atoms with E-state index in [0.717, 1.165) is 11.8 Å². The zero-order chi connectivity index (χ0) is 14.4. The zero-order valence-corrected chi connectivity index (χ0v) is 12.3. The van der Waals surface area contributed by atoms with Crippen LogP contribution in [0.4, 0.5) is 0 Å². The van der Waals surface area contributed by atoms with E-state index in [4.69, 9.17) is 5.11 Å². The van der Waals surface area contributed by atoms with Gasteiger partial charge in [-0.3, -0.25) is 9.59 Å². The van der Waals surface area contributed by atoms with Crippen molar-refractivity contribution in [2.24, 2.45) is 29.6 Å². The molecule has 1 amide bonds. The second-order valence-electron chi connectivity index (χ2n) is 6.97. The van der Waals surface area contributed by atoms with Gasteiger partial charge in [0.25, 0.3) is 0 Å². The highest BCUT2D eigenvalue weighted by molar-refractivity contribution is 5.86. The van der Waals surface area contributed by atoms with E-state index in [0.29, 0.717) is 24.9 Å². The molecule has 0 aromatic carbocycles. The van der Waals surface area contributed by atoms with Crippen LogP contribution in [0.3, 0.4) is 0 Å². The Morgan fingerprint density at radius 1 is 1.10 bits per heavy atom. The van der Waals surface area contributed by atoms with Crippen LogP contribution in [0.2, 0.25) is 0 Å². The third kappa shape index (κ3) is 2.32. The van der Waals surface area contributed by atoms with Gasteiger partial charge < -0.3 is 14.9 Å². The van der Waals surface area contributed by atoms with Crippen molar-refractivity contribution in [3.8, 4) is 0 Å². The molecule has 5 heteroatoms. The molecular weight excluding hydrogens is 256 g/mol. The Kier molecular flexibility index (Phi) is 3.48. The quantitative estimate of drug-likeness (QED) is 0.780. The van der Waals surface area contributed by atoms with Crippen molar-refractivity contribution in [3.63, 3.8) is 0 Å². The predicted octanol–water partition coefficient (Wildman–Crippen LogP) is 0.753. The SMILES string of the molecule is CN(C)CCN(CC(=O)O)C(=O)C1C2C3CCC(C3)C12. The van der Waals surface area contributed by atoms with Crippen LogP contribution in [-0.4, -0.2) is 60.5 Å². The van der Waals surface area contributed by atoms with Crippen molar-refractivity contribution in [1.82, 2.24) is 9.80 Å². The molecule has 3 saturated carbocycles. The summed E-state index contributed by atoms with van der Waals surface area (Å²) in [6.45, 7) is 1.08. The molecule has 0 radical (unpaired) electrons. The van der Waals surface area contributed by atoms with Gasteiger partial charge in [0.1, 0.15) is 6.54 Å². The number of amides is 1. The minimum Gasteiger partial charge on any atom is -0.480 e. The number of hydrogen-bond acceptors (Lipinski definition) is 3. The van der Waals surface area contributed by atoms with E-state index in [-0.39, 0.29) is 18.4 Å². The van der Waals surface area contributed by atoms with Crippen LogP contribution in [0.25, 0.3) is 0 Å². The Hall–Kier alpha value is -1.10. The maximum Gasteiger partial charge on any atom is 0.323 e. The number of aliphatic carboxylic acids is 1. The molecule has 3 aliphatic rings. The number of carbonyl (C=O) groups is 2. The van der Waals surface area contributed by atoms with Crippen LogP contribution < -0.4 is 0 Å². The maximum atomic E-state index is 12.6. The van der Waals surface area contributed by atoms with Gasteiger partial charge in [-0.15, -0.1) is 0 Å². The summed E-state index contributed by atoms with van der Waals surface area (Å²) in [5.74, 6) is 1.99. The van der Waals surface area contributed by atoms with Gasteiger partial charge in [-0.05, 0) is 57.0 Å². The fraction of sp³-hybridized carbons (Fsp3) is 0.867. The van der Waals surface area contributed by atoms with Crippen LogP contribution in [0.15, 0.2) is 0 Å². The predicted molar refractivity (Wildman–Crippen MR) is 74.1 cm³/mol. The molecule has 5 nitrogen and oxygen atoms in total. The van der Waals surface area contributed by atoms with E-state index in [1.54, 1.807) is 4.90 Å². The molecule has 0 saturated heterocycles. The smallest absolute Gasteiger partial charge is 0.323 e. The number of carboxylic acid groups (broad SMARTS) is 1. The van der Waals surface area contributed by atoms with Crippen LogP contribution in [0, 0.1) is 29.6 Å². The minimum atomic E-state index is -0.911. The molecule has 112 valence electrons. The Bertz CT molecular complexity index is 407. The monoisotopic (exact) mass is 280 g/mol. The fourth-order valence-electron chi connectivity index (χ4n) is 4.62. The summed E-state index contributed by atoms with van der Waals surface area (Å²) >= 11 is 0. The maximum absolute atomic E-state index is 12.6. The molecule has 0 aromatic heterocycles. The lowest BCUT2D eigenvalue weighted by molar-refractivity contribution is -0.145. The normalized spacial score (nSPS) is 37.0. The van der Waals surface area contributed by atoms with Gasteiger partial charge in [0.2, 0.25) is 5.91 Å². The van der Waals surface area contributed by atoms with Crippen molar-refractivity contribution in [2.45, 2.75) is 19.3 Å². The second kappa shape index (κ2) is 5.02. The molecule has 4 unspecified atom stereocenters. The van der Waals surface area contributed by atoms with E-state index in [1.165, 1.54) is 19.3 Å². The third-order valence-corrected chi connectivity index (χ3v) is 5.48. The van der Waals surface area contributed by atoms with Crippen molar-refractivity contribution in [3.05, 3.63) is 0 Å². The molecule has 3 fully saturated rings. The summed E-state index contributed by atoms with van der Waals surface area (Å²) in [7, 11) is 3.88. The van der Waals surface area contributed by atoms with E-state index in [1.807, 2.05) is 19.0 Å². The van der Waals surface area contributed by atoms with E-state index < -0.39 is 5.97 Å². The Morgan fingerprint density at radius 2 is 1.70 bits per heavy atom. The summed E-state index contributed by atoms with van der Waals surface area (Å²) < 4.78 is 0. The van der Waals surface area contributed by atoms with E-state index >= 15 is 0 Å². The van der Waals surface area contributed by atoms with E-state index in [9.17, 15) is 9.59 Å². The average molecular weight is 280 g/mol. The molecule has 0 heterocycles. The number of likely N-dealkylation sites (N-methyl/N-ethyl adjacent to an activating group) is 1. The highest BCUT2D eigenvalue weighted by Crippen LogP contribution is 2.69. The Labute approximate surface area is 119 Å². The second-order valence-corrected chi connectivity index (χ2v) is 6.97. The number of carbonyl (C=O) groups excluding carboxylic acids is 1. The summed E-state index contributed by atoms with van der Waals surface area (Å²) in [5, 5.41) is 9.01. The molecule has 3 aliphatic carbocycles. The van der Waals surface area contributed by atoms with Crippen molar-refractivity contribution >= 4 is 11.9 Å². The van der Waals surface area contributed by atoms with Crippen LogP contribution in [0.1, 0.15) is 19.3 Å². The van der Waals surface area contributed by atoms with Gasteiger partial charge in [0.05, 0.1) is 0 Å². The summed E-state index contributed by atoms with van der Waals surface area (Å²) in [5.41, 5.74) is 0. The fourth-order valence-corrected chi connectivity index (χ4v) is 4.62. The van der Waals surface area contributed by atoms with Gasteiger partial charge >= 0.3 is 5.97 Å². The number of hydrogen-bond donors (Lipinski definition) is 1. The van der Waals surface area contributed by atoms with Gasteiger partial charge in [0, 0.05) is 19.0 Å². The Balaban J connectivity index is 1.62. The lowest BCUT2D eigenvalue weighted by Crippen LogP contribution is -2.41. The molecule has 0 aromatic rings.